The topological polar surface area (TPSA) is 84.0 Å². The zero-order valence-electron chi connectivity index (χ0n) is 14.0. The molecular weight excluding hydrogens is 364 g/mol. The van der Waals surface area contributed by atoms with Gasteiger partial charge < -0.3 is 9.64 Å². The SMILES string of the molecule is O=C(OCC(=O)N1CCCCC1)c1sccc1S(=O)(=O)N1CCCC1. The first-order chi connectivity index (χ1) is 12.0. The minimum atomic E-state index is -3.68. The number of likely N-dealkylation sites (tertiary alicyclic amines) is 1. The molecule has 1 aromatic rings. The predicted molar refractivity (Wildman–Crippen MR) is 93.0 cm³/mol. The minimum Gasteiger partial charge on any atom is -0.451 e. The van der Waals surface area contributed by atoms with Crippen molar-refractivity contribution in [2.75, 3.05) is 32.8 Å². The van der Waals surface area contributed by atoms with Gasteiger partial charge in [0, 0.05) is 26.2 Å². The molecular formula is C16H22N2O5S2. The largest absolute Gasteiger partial charge is 0.451 e. The van der Waals surface area contributed by atoms with Crippen molar-refractivity contribution in [1.82, 2.24) is 9.21 Å². The lowest BCUT2D eigenvalue weighted by atomic mass is 10.1. The molecule has 3 heterocycles. The van der Waals surface area contributed by atoms with E-state index in [4.69, 9.17) is 4.74 Å². The van der Waals surface area contributed by atoms with Gasteiger partial charge in [-0.05, 0) is 43.6 Å². The van der Waals surface area contributed by atoms with E-state index in [0.29, 0.717) is 26.2 Å². The smallest absolute Gasteiger partial charge is 0.350 e. The highest BCUT2D eigenvalue weighted by Crippen LogP contribution is 2.28. The average Bonchev–Trinajstić information content (AvgIpc) is 3.31. The summed E-state index contributed by atoms with van der Waals surface area (Å²) in [5.41, 5.74) is 0. The van der Waals surface area contributed by atoms with E-state index in [1.165, 1.54) is 10.4 Å². The number of thiophene rings is 1. The van der Waals surface area contributed by atoms with Crippen LogP contribution in [-0.4, -0.2) is 62.3 Å². The number of nitrogens with zero attached hydrogens (tertiary/aromatic N) is 2. The van der Waals surface area contributed by atoms with E-state index in [1.807, 2.05) is 0 Å². The Morgan fingerprint density at radius 3 is 2.36 bits per heavy atom. The number of sulfonamides is 1. The van der Waals surface area contributed by atoms with Gasteiger partial charge in [0.2, 0.25) is 10.0 Å². The number of carbonyl (C=O) groups is 2. The molecule has 0 unspecified atom stereocenters. The van der Waals surface area contributed by atoms with Crippen molar-refractivity contribution < 1.29 is 22.7 Å². The molecule has 0 radical (unpaired) electrons. The highest BCUT2D eigenvalue weighted by atomic mass is 32.2. The molecule has 0 bridgehead atoms. The third-order valence-electron chi connectivity index (χ3n) is 4.53. The maximum atomic E-state index is 12.7. The quantitative estimate of drug-likeness (QED) is 0.719. The van der Waals surface area contributed by atoms with Gasteiger partial charge in [0.05, 0.1) is 0 Å². The number of piperidine rings is 1. The van der Waals surface area contributed by atoms with E-state index < -0.39 is 16.0 Å². The molecule has 7 nitrogen and oxygen atoms in total. The lowest BCUT2D eigenvalue weighted by Crippen LogP contribution is -2.38. The van der Waals surface area contributed by atoms with Crippen molar-refractivity contribution in [3.05, 3.63) is 16.3 Å². The highest BCUT2D eigenvalue weighted by Gasteiger charge is 2.32. The third-order valence-corrected chi connectivity index (χ3v) is 7.50. The standard InChI is InChI=1S/C16H22N2O5S2/c19-14(17-7-2-1-3-8-17)12-23-16(20)15-13(6-11-24-15)25(21,22)18-9-4-5-10-18/h6,11H,1-5,7-10,12H2. The molecule has 0 aliphatic carbocycles. The lowest BCUT2D eigenvalue weighted by molar-refractivity contribution is -0.135. The van der Waals surface area contributed by atoms with Crippen LogP contribution in [0.15, 0.2) is 16.3 Å². The Bertz CT molecular complexity index is 731. The Balaban J connectivity index is 1.65. The van der Waals surface area contributed by atoms with Crippen LogP contribution in [0.4, 0.5) is 0 Å². The number of rotatable bonds is 5. The van der Waals surface area contributed by atoms with Crippen molar-refractivity contribution >= 4 is 33.2 Å². The van der Waals surface area contributed by atoms with Crippen molar-refractivity contribution in [3.63, 3.8) is 0 Å². The third kappa shape index (κ3) is 4.04. The molecule has 0 spiro atoms. The molecule has 2 fully saturated rings. The van der Waals surface area contributed by atoms with Crippen LogP contribution in [0.25, 0.3) is 0 Å². The fraction of sp³-hybridized carbons (Fsp3) is 0.625. The van der Waals surface area contributed by atoms with Crippen LogP contribution in [0.2, 0.25) is 0 Å². The van der Waals surface area contributed by atoms with Crippen LogP contribution in [0.5, 0.6) is 0 Å². The van der Waals surface area contributed by atoms with E-state index in [9.17, 15) is 18.0 Å². The zero-order chi connectivity index (χ0) is 17.9. The zero-order valence-corrected chi connectivity index (χ0v) is 15.6. The van der Waals surface area contributed by atoms with E-state index in [2.05, 4.69) is 0 Å². The number of hydrogen-bond donors (Lipinski definition) is 0. The fourth-order valence-electron chi connectivity index (χ4n) is 3.14. The van der Waals surface area contributed by atoms with E-state index in [0.717, 1.165) is 43.4 Å². The maximum absolute atomic E-state index is 12.7. The Kier molecular flexibility index (Phi) is 5.75. The summed E-state index contributed by atoms with van der Waals surface area (Å²) in [5.74, 6) is -0.980. The second kappa shape index (κ2) is 7.84. The molecule has 0 atom stereocenters. The molecule has 2 aliphatic heterocycles. The molecule has 0 saturated carbocycles. The summed E-state index contributed by atoms with van der Waals surface area (Å²) in [6.45, 7) is 1.97. The lowest BCUT2D eigenvalue weighted by Gasteiger charge is -2.26. The van der Waals surface area contributed by atoms with Crippen LogP contribution < -0.4 is 0 Å². The van der Waals surface area contributed by atoms with Gasteiger partial charge >= 0.3 is 5.97 Å². The number of esters is 1. The molecule has 9 heteroatoms. The van der Waals surface area contributed by atoms with Crippen LogP contribution in [0.1, 0.15) is 41.8 Å². The predicted octanol–water partition coefficient (Wildman–Crippen LogP) is 1.70. The summed E-state index contributed by atoms with van der Waals surface area (Å²) in [5, 5.41) is 1.56. The minimum absolute atomic E-state index is 0.0187. The van der Waals surface area contributed by atoms with E-state index >= 15 is 0 Å². The van der Waals surface area contributed by atoms with Gasteiger partial charge in [-0.15, -0.1) is 11.3 Å². The monoisotopic (exact) mass is 386 g/mol. The van der Waals surface area contributed by atoms with Gasteiger partial charge in [-0.3, -0.25) is 4.79 Å². The maximum Gasteiger partial charge on any atom is 0.350 e. The Labute approximate surface area is 151 Å². The molecule has 2 aliphatic rings. The summed E-state index contributed by atoms with van der Waals surface area (Å²) in [6.07, 6.45) is 4.68. The molecule has 25 heavy (non-hydrogen) atoms. The Morgan fingerprint density at radius 1 is 1.04 bits per heavy atom. The van der Waals surface area contributed by atoms with Crippen molar-refractivity contribution in [3.8, 4) is 0 Å². The molecule has 2 saturated heterocycles. The van der Waals surface area contributed by atoms with Gasteiger partial charge in [0.1, 0.15) is 9.77 Å². The summed E-state index contributed by atoms with van der Waals surface area (Å²) < 4.78 is 31.8. The first-order valence-corrected chi connectivity index (χ1v) is 10.8. The molecule has 0 N–H and O–H groups in total. The molecule has 1 amide bonds. The summed E-state index contributed by atoms with van der Waals surface area (Å²) in [4.78, 5) is 26.1. The number of hydrogen-bond acceptors (Lipinski definition) is 6. The average molecular weight is 386 g/mol. The fourth-order valence-corrected chi connectivity index (χ4v) is 5.95. The Morgan fingerprint density at radius 2 is 1.68 bits per heavy atom. The number of carbonyl (C=O) groups excluding carboxylic acids is 2. The van der Waals surface area contributed by atoms with Gasteiger partial charge in [-0.1, -0.05) is 0 Å². The van der Waals surface area contributed by atoms with Crippen LogP contribution in [-0.2, 0) is 19.6 Å². The van der Waals surface area contributed by atoms with Gasteiger partial charge in [0.15, 0.2) is 6.61 Å². The first kappa shape index (κ1) is 18.3. The van der Waals surface area contributed by atoms with Crippen molar-refractivity contribution in [2.24, 2.45) is 0 Å². The van der Waals surface area contributed by atoms with E-state index in [-0.39, 0.29) is 22.3 Å². The second-order valence-corrected chi connectivity index (χ2v) is 9.07. The van der Waals surface area contributed by atoms with Gasteiger partial charge in [-0.2, -0.15) is 4.31 Å². The summed E-state index contributed by atoms with van der Waals surface area (Å²) >= 11 is 1.03. The Hall–Kier alpha value is -1.45. The molecule has 0 aromatic carbocycles. The number of ether oxygens (including phenoxy) is 1. The second-order valence-electron chi connectivity index (χ2n) is 6.24. The van der Waals surface area contributed by atoms with Crippen LogP contribution in [0.3, 0.4) is 0 Å². The van der Waals surface area contributed by atoms with Gasteiger partial charge in [0.25, 0.3) is 5.91 Å². The normalized spacial score (nSPS) is 19.1. The summed E-state index contributed by atoms with van der Waals surface area (Å²) in [6, 6.07) is 1.43. The number of amides is 1. The molecule has 1 aromatic heterocycles. The van der Waals surface area contributed by atoms with Gasteiger partial charge in [-0.25, -0.2) is 13.2 Å². The molecule has 3 rings (SSSR count). The van der Waals surface area contributed by atoms with Crippen LogP contribution >= 0.6 is 11.3 Å². The van der Waals surface area contributed by atoms with Crippen molar-refractivity contribution in [1.29, 1.82) is 0 Å². The van der Waals surface area contributed by atoms with Crippen LogP contribution in [0, 0.1) is 0 Å². The summed E-state index contributed by atoms with van der Waals surface area (Å²) in [7, 11) is -3.68. The highest BCUT2D eigenvalue weighted by molar-refractivity contribution is 7.89. The van der Waals surface area contributed by atoms with E-state index in [1.54, 1.807) is 10.3 Å². The van der Waals surface area contributed by atoms with Crippen molar-refractivity contribution in [2.45, 2.75) is 37.0 Å². The molecule has 138 valence electrons. The first-order valence-electron chi connectivity index (χ1n) is 8.52.